The van der Waals surface area contributed by atoms with Crippen LogP contribution in [0.3, 0.4) is 0 Å². The maximum Gasteiger partial charge on any atom is 0.261 e. The van der Waals surface area contributed by atoms with Crippen molar-refractivity contribution in [3.63, 3.8) is 0 Å². The van der Waals surface area contributed by atoms with E-state index in [-0.39, 0.29) is 0 Å². The van der Waals surface area contributed by atoms with Crippen molar-refractivity contribution in [2.24, 2.45) is 0 Å². The Kier molecular flexibility index (Phi) is 11.4. The third kappa shape index (κ3) is 9.44. The lowest BCUT2D eigenvalue weighted by Gasteiger charge is -2.03. The zero-order chi connectivity index (χ0) is 29.7. The van der Waals surface area contributed by atoms with Crippen LogP contribution in [0.4, 0.5) is 0 Å². The van der Waals surface area contributed by atoms with E-state index in [1.54, 1.807) is 0 Å². The monoisotopic (exact) mass is 622 g/mol. The number of hydrogen-bond donors (Lipinski definition) is 2. The minimum absolute atomic E-state index is 0.715. The molecule has 2 aromatic carbocycles. The minimum Gasteiger partial charge on any atom is -0.286 e. The number of hydrogen-bond acceptors (Lipinski definition) is 4. The first-order valence-electron chi connectivity index (χ1n) is 12.2. The molecule has 0 unspecified atom stereocenters. The van der Waals surface area contributed by atoms with Crippen molar-refractivity contribution in [3.8, 4) is 0 Å². The molecule has 4 aromatic rings. The fourth-order valence-electron chi connectivity index (χ4n) is 4.62. The second kappa shape index (κ2) is 13.4. The number of imidazole rings is 2. The summed E-state index contributed by atoms with van der Waals surface area (Å²) in [6.45, 7) is 12.6. The second-order valence-corrected chi connectivity index (χ2v) is 12.8. The molecule has 0 spiro atoms. The molecule has 14 heteroatoms. The molecule has 0 bridgehead atoms. The summed E-state index contributed by atoms with van der Waals surface area (Å²) in [7, 11) is -7.33. The van der Waals surface area contributed by atoms with Crippen molar-refractivity contribution in [2.75, 3.05) is 12.5 Å². The molecule has 0 aliphatic rings. The van der Waals surface area contributed by atoms with Crippen molar-refractivity contribution in [1.29, 1.82) is 0 Å². The summed E-state index contributed by atoms with van der Waals surface area (Å²) in [5.74, 6) is 2.54. The van der Waals surface area contributed by atoms with Gasteiger partial charge in [-0.1, -0.05) is 23.2 Å². The molecule has 0 atom stereocenters. The van der Waals surface area contributed by atoms with Crippen LogP contribution in [0, 0.1) is 13.8 Å². The van der Waals surface area contributed by atoms with E-state index in [0.29, 0.717) is 12.5 Å². The molecule has 39 heavy (non-hydrogen) atoms. The van der Waals surface area contributed by atoms with Crippen molar-refractivity contribution < 1.29 is 35.1 Å². The van der Waals surface area contributed by atoms with E-state index in [1.165, 1.54) is 33.7 Å². The molecule has 0 saturated carbocycles. The zero-order valence-corrected chi connectivity index (χ0v) is 26.0. The summed E-state index contributed by atoms with van der Waals surface area (Å²) in [6.07, 6.45) is 2.46. The van der Waals surface area contributed by atoms with Gasteiger partial charge in [0, 0.05) is 42.4 Å². The van der Waals surface area contributed by atoms with Gasteiger partial charge in [-0.25, -0.2) is 18.3 Å². The molecular weight excluding hydrogens is 587 g/mol. The lowest BCUT2D eigenvalue weighted by molar-refractivity contribution is -0.675. The van der Waals surface area contributed by atoms with Crippen LogP contribution >= 0.6 is 23.2 Å². The molecular formula is C25H36Cl2N4O6S2+2. The Hall–Kier alpha value is -2.22. The summed E-state index contributed by atoms with van der Waals surface area (Å²) in [4.78, 5) is 0. The lowest BCUT2D eigenvalue weighted by atomic mass is 10.3. The van der Waals surface area contributed by atoms with Gasteiger partial charge < -0.3 is 0 Å². The highest BCUT2D eigenvalue weighted by Crippen LogP contribution is 2.22. The van der Waals surface area contributed by atoms with Gasteiger partial charge in [-0.15, -0.1) is 0 Å². The normalized spacial score (nSPS) is 11.7. The number of benzene rings is 2. The van der Waals surface area contributed by atoms with Gasteiger partial charge in [-0.3, -0.25) is 9.11 Å². The number of rotatable bonds is 6. The maximum absolute atomic E-state index is 9.19. The summed E-state index contributed by atoms with van der Waals surface area (Å²) >= 11 is 12.6. The Morgan fingerprint density at radius 3 is 1.31 bits per heavy atom. The van der Waals surface area contributed by atoms with Crippen molar-refractivity contribution >= 4 is 65.5 Å². The summed E-state index contributed by atoms with van der Waals surface area (Å²) in [5.41, 5.74) is 4.90. The number of fused-ring (bicyclic) bond motifs is 2. The smallest absolute Gasteiger partial charge is 0.261 e. The molecule has 2 heterocycles. The first kappa shape index (κ1) is 33.0. The molecule has 4 rings (SSSR count). The van der Waals surface area contributed by atoms with Gasteiger partial charge in [-0.05, 0) is 38.1 Å². The lowest BCUT2D eigenvalue weighted by Crippen LogP contribution is -2.35. The Morgan fingerprint density at radius 1 is 0.718 bits per heavy atom. The van der Waals surface area contributed by atoms with Crippen LogP contribution in [-0.4, -0.2) is 47.6 Å². The topological polar surface area (TPSA) is 126 Å². The van der Waals surface area contributed by atoms with Gasteiger partial charge in [-0.2, -0.15) is 16.8 Å². The Labute approximate surface area is 239 Å². The zero-order valence-electron chi connectivity index (χ0n) is 22.9. The first-order chi connectivity index (χ1) is 18.0. The Balaban J connectivity index is 0.000000458. The number of aromatic nitrogens is 4. The Morgan fingerprint density at radius 2 is 1.03 bits per heavy atom. The second-order valence-electron chi connectivity index (χ2n) is 8.97. The Bertz CT molecular complexity index is 1540. The largest absolute Gasteiger partial charge is 0.286 e. The SMILES string of the molecule is CC[n+]1c(C)n(CCCn2c(C)[n+](CC)c3ccc(Cl)cc32)c2cc(Cl)ccc21.CS(=O)(=O)O.CS(=O)(=O)O. The van der Waals surface area contributed by atoms with Crippen molar-refractivity contribution in [2.45, 2.75) is 60.3 Å². The maximum atomic E-state index is 9.19. The van der Waals surface area contributed by atoms with Crippen LogP contribution in [0.25, 0.3) is 22.1 Å². The average molecular weight is 624 g/mol. The third-order valence-electron chi connectivity index (χ3n) is 6.00. The van der Waals surface area contributed by atoms with E-state index < -0.39 is 20.2 Å². The van der Waals surface area contributed by atoms with E-state index in [0.717, 1.165) is 42.6 Å². The standard InChI is InChI=1S/C23H28Cl2N4.2CH4O3S/c1-5-26-16(3)28(22-14-18(24)8-10-20(22)26)12-7-13-29-17(4)27(6-2)21-11-9-19(25)15-23(21)29;2*1-5(2,3)4/h8-11,14-15H,5-7,12-13H2,1-4H3;2*1H3,(H,2,3,4)/q+2;;. The van der Waals surface area contributed by atoms with Crippen LogP contribution in [-0.2, 0) is 46.4 Å². The van der Waals surface area contributed by atoms with E-state index in [9.17, 15) is 16.8 Å². The predicted molar refractivity (Wildman–Crippen MR) is 155 cm³/mol. The average Bonchev–Trinajstić information content (AvgIpc) is 3.20. The van der Waals surface area contributed by atoms with E-state index in [4.69, 9.17) is 32.3 Å². The molecule has 0 aliphatic heterocycles. The number of halogens is 2. The molecule has 2 N–H and O–H groups in total. The van der Waals surface area contributed by atoms with Gasteiger partial charge >= 0.3 is 0 Å². The van der Waals surface area contributed by atoms with Crippen LogP contribution in [0.15, 0.2) is 36.4 Å². The van der Waals surface area contributed by atoms with E-state index in [2.05, 4.69) is 70.2 Å². The fourth-order valence-corrected chi connectivity index (χ4v) is 4.95. The van der Waals surface area contributed by atoms with Gasteiger partial charge in [0.2, 0.25) is 0 Å². The molecule has 10 nitrogen and oxygen atoms in total. The van der Waals surface area contributed by atoms with Crippen LogP contribution in [0.5, 0.6) is 0 Å². The summed E-state index contributed by atoms with van der Waals surface area (Å²) in [5, 5.41) is 1.57. The van der Waals surface area contributed by atoms with Gasteiger partial charge in [0.15, 0.2) is 22.1 Å². The minimum atomic E-state index is -3.67. The molecule has 0 saturated heterocycles. The molecule has 216 valence electrons. The highest BCUT2D eigenvalue weighted by atomic mass is 35.5. The fraction of sp³-hybridized carbons (Fsp3) is 0.440. The van der Waals surface area contributed by atoms with E-state index >= 15 is 0 Å². The highest BCUT2D eigenvalue weighted by Gasteiger charge is 2.23. The predicted octanol–water partition coefficient (Wildman–Crippen LogP) is 4.23. The molecule has 0 aliphatic carbocycles. The van der Waals surface area contributed by atoms with Crippen molar-refractivity contribution in [3.05, 3.63) is 58.1 Å². The van der Waals surface area contributed by atoms with Crippen molar-refractivity contribution in [1.82, 2.24) is 9.13 Å². The molecule has 0 fully saturated rings. The quantitative estimate of drug-likeness (QED) is 0.245. The van der Waals surface area contributed by atoms with E-state index in [1.807, 2.05) is 12.1 Å². The van der Waals surface area contributed by atoms with Crippen LogP contribution < -0.4 is 9.13 Å². The van der Waals surface area contributed by atoms with Crippen LogP contribution in [0.2, 0.25) is 10.0 Å². The third-order valence-corrected chi connectivity index (χ3v) is 6.47. The highest BCUT2D eigenvalue weighted by molar-refractivity contribution is 7.85. The molecule has 2 aromatic heterocycles. The number of nitrogens with zero attached hydrogens (tertiary/aromatic N) is 4. The summed E-state index contributed by atoms with van der Waals surface area (Å²) < 4.78 is 61.2. The van der Waals surface area contributed by atoms with Crippen LogP contribution in [0.1, 0.15) is 31.9 Å². The molecule has 0 amide bonds. The van der Waals surface area contributed by atoms with Gasteiger partial charge in [0.05, 0.1) is 38.7 Å². The first-order valence-corrected chi connectivity index (χ1v) is 16.6. The molecule has 0 radical (unpaired) electrons. The number of aryl methyl sites for hydroxylation is 4. The summed E-state index contributed by atoms with van der Waals surface area (Å²) in [6, 6.07) is 12.4. The van der Waals surface area contributed by atoms with Gasteiger partial charge in [0.25, 0.3) is 31.9 Å². The van der Waals surface area contributed by atoms with Gasteiger partial charge in [0.1, 0.15) is 0 Å².